The Kier molecular flexibility index (Phi) is 5.84. The zero-order valence-corrected chi connectivity index (χ0v) is 13.2. The van der Waals surface area contributed by atoms with Crippen LogP contribution < -0.4 is 34.3 Å². The van der Waals surface area contributed by atoms with Crippen LogP contribution in [0.1, 0.15) is 0 Å². The summed E-state index contributed by atoms with van der Waals surface area (Å²) in [5.74, 6) is 0.534. The summed E-state index contributed by atoms with van der Waals surface area (Å²) < 4.78 is 30.9. The summed E-state index contributed by atoms with van der Waals surface area (Å²) in [6.45, 7) is 0. The SMILES string of the molecule is COc1ccc(-c2cc(S(=O)[O-])on2)cc1Cl.[Na+]. The van der Waals surface area contributed by atoms with Crippen LogP contribution in [0, 0.1) is 0 Å². The van der Waals surface area contributed by atoms with E-state index in [4.69, 9.17) is 16.3 Å². The van der Waals surface area contributed by atoms with E-state index in [2.05, 4.69) is 9.68 Å². The zero-order valence-electron chi connectivity index (χ0n) is 9.68. The Hall–Kier alpha value is -0.370. The molecule has 1 aromatic carbocycles. The van der Waals surface area contributed by atoms with Crippen molar-refractivity contribution in [1.29, 1.82) is 0 Å². The standard InChI is InChI=1S/C10H8ClNO4S.Na/c1-15-9-3-2-6(4-7(9)11)8-5-10(16-12-8)17(13)14;/h2-5H,1H3,(H,13,14);/q;+1/p-1. The van der Waals surface area contributed by atoms with Crippen molar-refractivity contribution < 1.29 is 47.6 Å². The maximum absolute atomic E-state index is 10.6. The molecule has 0 amide bonds. The first-order valence-electron chi connectivity index (χ1n) is 4.51. The summed E-state index contributed by atoms with van der Waals surface area (Å²) >= 11 is 3.51. The van der Waals surface area contributed by atoms with Crippen molar-refractivity contribution in [2.24, 2.45) is 0 Å². The molecule has 18 heavy (non-hydrogen) atoms. The molecule has 0 N–H and O–H groups in total. The van der Waals surface area contributed by atoms with Crippen molar-refractivity contribution in [1.82, 2.24) is 5.16 Å². The van der Waals surface area contributed by atoms with E-state index in [0.29, 0.717) is 22.0 Å². The fourth-order valence-electron chi connectivity index (χ4n) is 1.30. The van der Waals surface area contributed by atoms with Crippen molar-refractivity contribution >= 4 is 22.7 Å². The van der Waals surface area contributed by atoms with Crippen molar-refractivity contribution in [2.45, 2.75) is 5.09 Å². The molecule has 5 nitrogen and oxygen atoms in total. The van der Waals surface area contributed by atoms with E-state index in [-0.39, 0.29) is 34.6 Å². The summed E-state index contributed by atoms with van der Waals surface area (Å²) in [6, 6.07) is 6.32. The predicted molar refractivity (Wildman–Crippen MR) is 60.7 cm³/mol. The summed E-state index contributed by atoms with van der Waals surface area (Å²) in [4.78, 5) is 0. The molecule has 0 aliphatic heterocycles. The largest absolute Gasteiger partial charge is 1.00 e. The van der Waals surface area contributed by atoms with Gasteiger partial charge in [0.15, 0.2) is 0 Å². The van der Waals surface area contributed by atoms with Crippen molar-refractivity contribution in [3.8, 4) is 17.0 Å². The molecule has 8 heteroatoms. The minimum Gasteiger partial charge on any atom is -0.766 e. The first kappa shape index (κ1) is 15.7. The Balaban J connectivity index is 0.00000162. The second kappa shape index (κ2) is 6.70. The number of aromatic nitrogens is 1. The number of methoxy groups -OCH3 is 1. The van der Waals surface area contributed by atoms with E-state index in [9.17, 15) is 8.76 Å². The van der Waals surface area contributed by atoms with Crippen LogP contribution in [0.2, 0.25) is 5.02 Å². The van der Waals surface area contributed by atoms with Crippen LogP contribution in [-0.4, -0.2) is 21.0 Å². The Morgan fingerprint density at radius 2 is 2.17 bits per heavy atom. The minimum atomic E-state index is -2.43. The summed E-state index contributed by atoms with van der Waals surface area (Å²) in [5.41, 5.74) is 1.05. The van der Waals surface area contributed by atoms with E-state index in [1.165, 1.54) is 13.2 Å². The average Bonchev–Trinajstić information content (AvgIpc) is 2.78. The Morgan fingerprint density at radius 3 is 2.67 bits per heavy atom. The molecule has 0 saturated carbocycles. The smallest absolute Gasteiger partial charge is 0.766 e. The molecule has 0 fully saturated rings. The molecule has 2 aromatic rings. The Bertz CT molecular complexity index is 575. The van der Waals surface area contributed by atoms with E-state index in [0.717, 1.165) is 0 Å². The van der Waals surface area contributed by atoms with Gasteiger partial charge in [-0.25, -0.2) is 0 Å². The summed E-state index contributed by atoms with van der Waals surface area (Å²) in [6.07, 6.45) is 0. The number of benzene rings is 1. The molecule has 0 aliphatic carbocycles. The third-order valence-corrected chi connectivity index (χ3v) is 2.92. The Morgan fingerprint density at radius 1 is 1.44 bits per heavy atom. The van der Waals surface area contributed by atoms with Gasteiger partial charge in [0.05, 0.1) is 12.1 Å². The number of rotatable bonds is 3. The third-order valence-electron chi connectivity index (χ3n) is 2.10. The first-order chi connectivity index (χ1) is 8.11. The van der Waals surface area contributed by atoms with Crippen molar-refractivity contribution in [3.63, 3.8) is 0 Å². The van der Waals surface area contributed by atoms with E-state index in [1.54, 1.807) is 18.2 Å². The van der Waals surface area contributed by atoms with Crippen LogP contribution in [0.15, 0.2) is 33.9 Å². The fraction of sp³-hybridized carbons (Fsp3) is 0.100. The van der Waals surface area contributed by atoms with E-state index >= 15 is 0 Å². The molecular formula is C10H7ClNNaO4S. The van der Waals surface area contributed by atoms with Gasteiger partial charge in [0.25, 0.3) is 0 Å². The molecule has 1 atom stereocenters. The maximum Gasteiger partial charge on any atom is 1.00 e. The Labute approximate surface area is 133 Å². The molecule has 1 heterocycles. The van der Waals surface area contributed by atoms with Crippen LogP contribution in [0.4, 0.5) is 0 Å². The van der Waals surface area contributed by atoms with Crippen LogP contribution >= 0.6 is 11.6 Å². The predicted octanol–water partition coefficient (Wildman–Crippen LogP) is -0.754. The number of ether oxygens (including phenoxy) is 1. The van der Waals surface area contributed by atoms with Gasteiger partial charge in [-0.2, -0.15) is 0 Å². The van der Waals surface area contributed by atoms with Crippen molar-refractivity contribution in [2.75, 3.05) is 7.11 Å². The molecule has 0 radical (unpaired) electrons. The number of halogens is 1. The normalized spacial score (nSPS) is 11.7. The fourth-order valence-corrected chi connectivity index (χ4v) is 1.86. The molecule has 0 aliphatic rings. The second-order valence-electron chi connectivity index (χ2n) is 3.12. The summed E-state index contributed by atoms with van der Waals surface area (Å²) in [7, 11) is 1.51. The van der Waals surface area contributed by atoms with Crippen LogP contribution in [-0.2, 0) is 11.1 Å². The number of hydrogen-bond donors (Lipinski definition) is 0. The third kappa shape index (κ3) is 3.34. The maximum atomic E-state index is 10.6. The van der Waals surface area contributed by atoms with E-state index < -0.39 is 11.1 Å². The molecule has 1 aromatic heterocycles. The van der Waals surface area contributed by atoms with Gasteiger partial charge in [-0.1, -0.05) is 16.8 Å². The monoisotopic (exact) mass is 295 g/mol. The molecule has 0 bridgehead atoms. The van der Waals surface area contributed by atoms with Crippen LogP contribution in [0.25, 0.3) is 11.3 Å². The minimum absolute atomic E-state index is 0. The molecule has 90 valence electrons. The summed E-state index contributed by atoms with van der Waals surface area (Å²) in [5, 5.41) is 3.84. The van der Waals surface area contributed by atoms with E-state index in [1.807, 2.05) is 0 Å². The topological polar surface area (TPSA) is 75.4 Å². The molecule has 2 rings (SSSR count). The number of hydrogen-bond acceptors (Lipinski definition) is 5. The second-order valence-corrected chi connectivity index (χ2v) is 4.39. The van der Waals surface area contributed by atoms with Gasteiger partial charge in [-0.15, -0.1) is 0 Å². The van der Waals surface area contributed by atoms with Gasteiger partial charge in [0.1, 0.15) is 11.4 Å². The molecule has 0 saturated heterocycles. The van der Waals surface area contributed by atoms with Gasteiger partial charge >= 0.3 is 29.6 Å². The van der Waals surface area contributed by atoms with Gasteiger partial charge in [0, 0.05) is 22.7 Å². The number of nitrogens with zero attached hydrogens (tertiary/aromatic N) is 1. The molecule has 0 spiro atoms. The van der Waals surface area contributed by atoms with Crippen molar-refractivity contribution in [3.05, 3.63) is 29.3 Å². The first-order valence-corrected chi connectivity index (χ1v) is 5.97. The van der Waals surface area contributed by atoms with Crippen LogP contribution in [0.3, 0.4) is 0 Å². The molecular weight excluding hydrogens is 289 g/mol. The van der Waals surface area contributed by atoms with Crippen LogP contribution in [0.5, 0.6) is 5.75 Å². The van der Waals surface area contributed by atoms with Gasteiger partial charge < -0.3 is 13.8 Å². The molecule has 1 unspecified atom stereocenters. The van der Waals surface area contributed by atoms with Gasteiger partial charge in [-0.05, 0) is 18.2 Å². The van der Waals surface area contributed by atoms with Gasteiger partial charge in [-0.3, -0.25) is 4.21 Å². The average molecular weight is 296 g/mol. The van der Waals surface area contributed by atoms with Gasteiger partial charge in [0.2, 0.25) is 5.09 Å². The quantitative estimate of drug-likeness (QED) is 0.550. The zero-order chi connectivity index (χ0) is 12.4.